The van der Waals surface area contributed by atoms with Crippen LogP contribution in [0.4, 0.5) is 0 Å². The van der Waals surface area contributed by atoms with Crippen LogP contribution in [-0.2, 0) is 4.57 Å². The molecule has 0 saturated heterocycles. The number of hydrogen-bond acceptors (Lipinski definition) is 2. The van der Waals surface area contributed by atoms with Crippen molar-refractivity contribution in [2.75, 3.05) is 0 Å². The Morgan fingerprint density at radius 3 is 1.81 bits per heavy atom. The molecule has 0 N–H and O–H groups in total. The van der Waals surface area contributed by atoms with Crippen LogP contribution in [0, 0.1) is 0 Å². The monoisotopic (exact) mass is 310 g/mol. The first-order valence-corrected chi connectivity index (χ1v) is 9.38. The van der Waals surface area contributed by atoms with Gasteiger partial charge in [-0.15, -0.1) is 11.3 Å². The Labute approximate surface area is 129 Å². The van der Waals surface area contributed by atoms with Gasteiger partial charge in [0.1, 0.15) is 0 Å². The molecule has 3 aromatic rings. The van der Waals surface area contributed by atoms with Crippen molar-refractivity contribution in [3.63, 3.8) is 0 Å². The van der Waals surface area contributed by atoms with E-state index in [1.165, 1.54) is 0 Å². The minimum absolute atomic E-state index is 0.865. The van der Waals surface area contributed by atoms with Gasteiger partial charge in [0.2, 0.25) is 0 Å². The van der Waals surface area contributed by atoms with Crippen LogP contribution in [0.1, 0.15) is 4.88 Å². The maximum absolute atomic E-state index is 13.6. The molecule has 0 bridgehead atoms. The summed E-state index contributed by atoms with van der Waals surface area (Å²) in [6.45, 7) is 0. The zero-order valence-corrected chi connectivity index (χ0v) is 13.1. The van der Waals surface area contributed by atoms with Gasteiger partial charge in [-0.1, -0.05) is 66.7 Å². The van der Waals surface area contributed by atoms with Crippen LogP contribution < -0.4 is 10.6 Å². The third-order valence-electron chi connectivity index (χ3n) is 3.27. The lowest BCUT2D eigenvalue weighted by Gasteiger charge is -2.15. The summed E-state index contributed by atoms with van der Waals surface area (Å²) >= 11 is 1.65. The molecule has 0 aliphatic carbocycles. The van der Waals surface area contributed by atoms with E-state index in [1.807, 2.05) is 90.1 Å². The number of rotatable bonds is 4. The highest BCUT2D eigenvalue weighted by atomic mass is 32.1. The lowest BCUT2D eigenvalue weighted by molar-refractivity contribution is 0.592. The molecule has 0 fully saturated rings. The fourth-order valence-electron chi connectivity index (χ4n) is 2.18. The van der Waals surface area contributed by atoms with Crippen LogP contribution in [0.15, 0.2) is 84.0 Å². The standard InChI is InChI=1S/C18H15OPS/c19-20(16-8-3-1-4-9-16,17-10-5-2-6-11-17)14-13-18-12-7-15-21-18/h1-15H. The van der Waals surface area contributed by atoms with Crippen molar-refractivity contribution in [2.45, 2.75) is 0 Å². The summed E-state index contributed by atoms with van der Waals surface area (Å²) < 4.78 is 13.6. The van der Waals surface area contributed by atoms with Crippen molar-refractivity contribution in [1.29, 1.82) is 0 Å². The summed E-state index contributed by atoms with van der Waals surface area (Å²) in [6, 6.07) is 23.4. The van der Waals surface area contributed by atoms with Crippen LogP contribution >= 0.6 is 18.5 Å². The number of hydrogen-bond donors (Lipinski definition) is 0. The zero-order chi connectivity index (χ0) is 14.5. The predicted molar refractivity (Wildman–Crippen MR) is 93.1 cm³/mol. The first-order valence-electron chi connectivity index (χ1n) is 6.73. The Kier molecular flexibility index (Phi) is 4.19. The second kappa shape index (κ2) is 6.26. The van der Waals surface area contributed by atoms with E-state index in [1.54, 1.807) is 11.3 Å². The molecule has 0 saturated carbocycles. The Morgan fingerprint density at radius 1 is 0.762 bits per heavy atom. The SMILES string of the molecule is O=P(C=Cc1cccs1)(c1ccccc1)c1ccccc1. The van der Waals surface area contributed by atoms with Crippen LogP contribution in [0.2, 0.25) is 0 Å². The van der Waals surface area contributed by atoms with Gasteiger partial charge in [0.05, 0.1) is 0 Å². The molecule has 1 heterocycles. The topological polar surface area (TPSA) is 17.1 Å². The smallest absolute Gasteiger partial charge is 0.164 e. The highest BCUT2D eigenvalue weighted by Gasteiger charge is 2.23. The average Bonchev–Trinajstić information content (AvgIpc) is 3.08. The van der Waals surface area contributed by atoms with E-state index >= 15 is 0 Å². The van der Waals surface area contributed by atoms with Gasteiger partial charge in [0.15, 0.2) is 7.14 Å². The molecule has 0 aliphatic rings. The normalized spacial score (nSPS) is 11.8. The van der Waals surface area contributed by atoms with Gasteiger partial charge in [0.25, 0.3) is 0 Å². The van der Waals surface area contributed by atoms with E-state index in [2.05, 4.69) is 0 Å². The van der Waals surface area contributed by atoms with Gasteiger partial charge in [-0.05, 0) is 23.3 Å². The van der Waals surface area contributed by atoms with Crippen molar-refractivity contribution in [3.8, 4) is 0 Å². The van der Waals surface area contributed by atoms with Crippen LogP contribution in [0.3, 0.4) is 0 Å². The molecule has 0 unspecified atom stereocenters. The summed E-state index contributed by atoms with van der Waals surface area (Å²) in [4.78, 5) is 1.11. The quantitative estimate of drug-likeness (QED) is 0.637. The van der Waals surface area contributed by atoms with E-state index in [0.717, 1.165) is 15.5 Å². The minimum Gasteiger partial charge on any atom is -0.309 e. The first-order chi connectivity index (χ1) is 10.3. The minimum atomic E-state index is -2.74. The first kappa shape index (κ1) is 14.1. The maximum atomic E-state index is 13.6. The van der Waals surface area contributed by atoms with E-state index in [-0.39, 0.29) is 0 Å². The predicted octanol–water partition coefficient (Wildman–Crippen LogP) is 4.73. The van der Waals surface area contributed by atoms with Crippen molar-refractivity contribution in [3.05, 3.63) is 88.9 Å². The van der Waals surface area contributed by atoms with E-state index in [9.17, 15) is 4.57 Å². The van der Waals surface area contributed by atoms with Crippen molar-refractivity contribution >= 4 is 35.2 Å². The van der Waals surface area contributed by atoms with E-state index in [0.29, 0.717) is 0 Å². The fraction of sp³-hybridized carbons (Fsp3) is 0. The molecular formula is C18H15OPS. The van der Waals surface area contributed by atoms with Crippen molar-refractivity contribution < 1.29 is 4.57 Å². The Hall–Kier alpha value is -1.89. The van der Waals surface area contributed by atoms with Crippen molar-refractivity contribution in [2.24, 2.45) is 0 Å². The summed E-state index contributed by atoms with van der Waals surface area (Å²) in [6.07, 6.45) is 1.96. The molecule has 0 aliphatic heterocycles. The summed E-state index contributed by atoms with van der Waals surface area (Å²) in [5.74, 6) is 1.86. The molecule has 0 amide bonds. The molecule has 0 radical (unpaired) electrons. The van der Waals surface area contributed by atoms with E-state index < -0.39 is 7.14 Å². The third-order valence-corrected chi connectivity index (χ3v) is 6.81. The second-order valence-corrected chi connectivity index (χ2v) is 8.29. The summed E-state index contributed by atoms with van der Waals surface area (Å²) in [5, 5.41) is 3.75. The summed E-state index contributed by atoms with van der Waals surface area (Å²) in [7, 11) is -2.74. The zero-order valence-electron chi connectivity index (χ0n) is 11.4. The van der Waals surface area contributed by atoms with Gasteiger partial charge in [-0.3, -0.25) is 0 Å². The highest BCUT2D eigenvalue weighted by molar-refractivity contribution is 7.81. The average molecular weight is 310 g/mol. The Bertz CT molecular complexity index is 718. The maximum Gasteiger partial charge on any atom is 0.164 e. The van der Waals surface area contributed by atoms with Gasteiger partial charge < -0.3 is 4.57 Å². The molecule has 3 heteroatoms. The lowest BCUT2D eigenvalue weighted by Crippen LogP contribution is -2.13. The van der Waals surface area contributed by atoms with Gasteiger partial charge in [-0.2, -0.15) is 0 Å². The fourth-order valence-corrected chi connectivity index (χ4v) is 5.15. The molecule has 2 aromatic carbocycles. The van der Waals surface area contributed by atoms with Gasteiger partial charge in [0, 0.05) is 15.5 Å². The van der Waals surface area contributed by atoms with Crippen LogP contribution in [-0.4, -0.2) is 0 Å². The van der Waals surface area contributed by atoms with Gasteiger partial charge >= 0.3 is 0 Å². The van der Waals surface area contributed by atoms with Crippen LogP contribution in [0.5, 0.6) is 0 Å². The largest absolute Gasteiger partial charge is 0.309 e. The molecule has 3 rings (SSSR count). The number of thiophene rings is 1. The van der Waals surface area contributed by atoms with Crippen molar-refractivity contribution in [1.82, 2.24) is 0 Å². The molecule has 104 valence electrons. The van der Waals surface area contributed by atoms with Crippen LogP contribution in [0.25, 0.3) is 6.08 Å². The molecule has 21 heavy (non-hydrogen) atoms. The lowest BCUT2D eigenvalue weighted by atomic mass is 10.4. The second-order valence-electron chi connectivity index (χ2n) is 4.66. The highest BCUT2D eigenvalue weighted by Crippen LogP contribution is 2.45. The molecular weight excluding hydrogens is 295 g/mol. The Balaban J connectivity index is 2.10. The summed E-state index contributed by atoms with van der Waals surface area (Å²) in [5.41, 5.74) is 0. The molecule has 1 nitrogen and oxygen atoms in total. The Morgan fingerprint density at radius 2 is 1.33 bits per heavy atom. The van der Waals surface area contributed by atoms with E-state index in [4.69, 9.17) is 0 Å². The molecule has 0 atom stereocenters. The van der Waals surface area contributed by atoms with Gasteiger partial charge in [-0.25, -0.2) is 0 Å². The molecule has 0 spiro atoms. The molecule has 1 aromatic heterocycles. The third kappa shape index (κ3) is 3.07. The number of benzene rings is 2.